The number of hydrogen-bond acceptors (Lipinski definition) is 3. The summed E-state index contributed by atoms with van der Waals surface area (Å²) in [5.74, 6) is 0. The predicted octanol–water partition coefficient (Wildman–Crippen LogP) is 5.42. The van der Waals surface area contributed by atoms with Crippen molar-refractivity contribution in [1.29, 1.82) is 0 Å². The van der Waals surface area contributed by atoms with Gasteiger partial charge >= 0.3 is 0 Å². The number of allylic oxidation sites excluding steroid dienone is 4. The highest BCUT2D eigenvalue weighted by Crippen LogP contribution is 2.35. The van der Waals surface area contributed by atoms with Gasteiger partial charge in [0.1, 0.15) is 11.2 Å². The van der Waals surface area contributed by atoms with Crippen molar-refractivity contribution in [2.24, 2.45) is 0 Å². The molecule has 1 aliphatic heterocycles. The molecule has 3 aromatic rings. The number of thiazole rings is 1. The Balaban J connectivity index is 1.70. The highest BCUT2D eigenvalue weighted by Gasteiger charge is 2.18. The molecule has 0 amide bonds. The fraction of sp³-hybridized carbons (Fsp3) is 0.174. The number of aromatic nitrogens is 1. The van der Waals surface area contributed by atoms with Crippen molar-refractivity contribution in [3.63, 3.8) is 0 Å². The first-order valence-corrected chi connectivity index (χ1v) is 11.4. The molecule has 0 atom stereocenters. The second-order valence-electron chi connectivity index (χ2n) is 6.65. The van der Waals surface area contributed by atoms with Crippen LogP contribution in [0.4, 0.5) is 5.69 Å². The highest BCUT2D eigenvalue weighted by molar-refractivity contribution is 9.10. The molecule has 0 N–H and O–H groups in total. The third-order valence-corrected chi connectivity index (χ3v) is 6.74. The number of anilines is 1. The van der Waals surface area contributed by atoms with E-state index in [0.29, 0.717) is 11.6 Å². The second-order valence-corrected chi connectivity index (χ2v) is 9.07. The van der Waals surface area contributed by atoms with Crippen molar-refractivity contribution in [2.75, 3.05) is 18.1 Å². The van der Waals surface area contributed by atoms with Crippen molar-refractivity contribution in [1.82, 2.24) is 0 Å². The van der Waals surface area contributed by atoms with E-state index in [-0.39, 0.29) is 6.61 Å². The van der Waals surface area contributed by atoms with E-state index in [9.17, 15) is 5.11 Å². The number of benzene rings is 2. The zero-order chi connectivity index (χ0) is 20.4. The third-order valence-electron chi connectivity index (χ3n) is 4.88. The minimum atomic E-state index is -0.164. The molecule has 0 fully saturated rings. The first kappa shape index (κ1) is 20.4. The monoisotopic (exact) mass is 486 g/mol. The Labute approximate surface area is 188 Å². The summed E-state index contributed by atoms with van der Waals surface area (Å²) in [6.07, 6.45) is 10.5. The molecule has 1 aromatic heterocycles. The number of halogens is 2. The number of hydrogen-bond donors (Lipinski definition) is 0. The van der Waals surface area contributed by atoms with E-state index in [1.807, 2.05) is 18.2 Å². The Morgan fingerprint density at radius 3 is 2.90 bits per heavy atom. The Morgan fingerprint density at radius 1 is 1.24 bits per heavy atom. The summed E-state index contributed by atoms with van der Waals surface area (Å²) in [5, 5.41) is 13.0. The summed E-state index contributed by atoms with van der Waals surface area (Å²) < 4.78 is 4.25. The van der Waals surface area contributed by atoms with Crippen LogP contribution in [-0.4, -0.2) is 13.2 Å². The number of rotatable bonds is 5. The maximum absolute atomic E-state index is 11.3. The van der Waals surface area contributed by atoms with Gasteiger partial charge in [-0.05, 0) is 42.8 Å². The van der Waals surface area contributed by atoms with E-state index in [2.05, 4.69) is 81.0 Å². The molecule has 2 heterocycles. The van der Waals surface area contributed by atoms with Crippen LogP contribution >= 0.6 is 38.9 Å². The van der Waals surface area contributed by atoms with Gasteiger partial charge < -0.3 is 10.0 Å². The minimum Gasteiger partial charge on any atom is -0.850 e. The fourth-order valence-electron chi connectivity index (χ4n) is 3.50. The highest BCUT2D eigenvalue weighted by atomic mass is 79.9. The predicted molar refractivity (Wildman–Crippen MR) is 125 cm³/mol. The zero-order valence-corrected chi connectivity index (χ0v) is 19.1. The average molecular weight is 488 g/mol. The van der Waals surface area contributed by atoms with Gasteiger partial charge in [-0.1, -0.05) is 63.7 Å². The summed E-state index contributed by atoms with van der Waals surface area (Å²) in [6, 6.07) is 12.2. The van der Waals surface area contributed by atoms with Crippen LogP contribution < -0.4 is 14.6 Å². The topological polar surface area (TPSA) is 30.2 Å². The molecule has 0 spiro atoms. The Hall–Kier alpha value is -1.92. The van der Waals surface area contributed by atoms with Crippen molar-refractivity contribution >= 4 is 66.4 Å². The number of nitrogens with zero attached hydrogens (tertiary/aromatic N) is 2. The van der Waals surface area contributed by atoms with E-state index in [0.717, 1.165) is 31.8 Å². The van der Waals surface area contributed by atoms with E-state index in [4.69, 9.17) is 11.6 Å². The van der Waals surface area contributed by atoms with E-state index in [1.165, 1.54) is 11.3 Å². The normalized spacial score (nSPS) is 15.0. The first-order valence-electron chi connectivity index (χ1n) is 9.44. The van der Waals surface area contributed by atoms with Crippen LogP contribution in [0.3, 0.4) is 0 Å². The molecular formula is C23H20BrClN2OS. The molecule has 1 aliphatic rings. The van der Waals surface area contributed by atoms with Gasteiger partial charge in [-0.25, -0.2) is 0 Å². The Kier molecular flexibility index (Phi) is 6.20. The smallest absolute Gasteiger partial charge is 0.262 e. The molecular weight excluding hydrogens is 468 g/mol. The van der Waals surface area contributed by atoms with Crippen LogP contribution in [0.2, 0.25) is 5.02 Å². The van der Waals surface area contributed by atoms with Crippen molar-refractivity contribution < 1.29 is 9.67 Å². The molecule has 4 rings (SSSR count). The van der Waals surface area contributed by atoms with Crippen LogP contribution in [0.25, 0.3) is 21.9 Å². The van der Waals surface area contributed by atoms with Crippen molar-refractivity contribution in [3.8, 4) is 0 Å². The van der Waals surface area contributed by atoms with E-state index < -0.39 is 0 Å². The minimum absolute atomic E-state index is 0.164. The maximum Gasteiger partial charge on any atom is 0.262 e. The third kappa shape index (κ3) is 4.19. The molecule has 6 heteroatoms. The molecule has 29 heavy (non-hydrogen) atoms. The molecule has 0 saturated carbocycles. The molecule has 0 saturated heterocycles. The second kappa shape index (κ2) is 8.84. The first-order chi connectivity index (χ1) is 14.1. The van der Waals surface area contributed by atoms with E-state index in [1.54, 1.807) is 11.3 Å². The van der Waals surface area contributed by atoms with Crippen molar-refractivity contribution in [2.45, 2.75) is 13.5 Å². The van der Waals surface area contributed by atoms with Crippen LogP contribution in [0.5, 0.6) is 0 Å². The van der Waals surface area contributed by atoms with Crippen LogP contribution in [0.1, 0.15) is 17.5 Å². The van der Waals surface area contributed by atoms with Gasteiger partial charge in [0.05, 0.1) is 0 Å². The van der Waals surface area contributed by atoms with Gasteiger partial charge in [-0.3, -0.25) is 0 Å². The van der Waals surface area contributed by atoms with E-state index >= 15 is 0 Å². The maximum atomic E-state index is 11.3. The molecule has 2 aromatic carbocycles. The Morgan fingerprint density at radius 2 is 2.10 bits per heavy atom. The molecule has 0 bridgehead atoms. The van der Waals surface area contributed by atoms with Gasteiger partial charge in [0.25, 0.3) is 5.01 Å². The lowest BCUT2D eigenvalue weighted by Crippen LogP contribution is -2.39. The van der Waals surface area contributed by atoms with Crippen LogP contribution in [0.15, 0.2) is 65.3 Å². The van der Waals surface area contributed by atoms with Gasteiger partial charge in [0, 0.05) is 45.6 Å². The summed E-state index contributed by atoms with van der Waals surface area (Å²) in [7, 11) is 0. The lowest BCUT2D eigenvalue weighted by atomic mass is 9.99. The lowest BCUT2D eigenvalue weighted by molar-refractivity contribution is -0.685. The summed E-state index contributed by atoms with van der Waals surface area (Å²) in [5.41, 5.74) is 4.57. The number of fused-ring (bicyclic) bond motifs is 2. The molecule has 0 radical (unpaired) electrons. The SMILES string of the molecule is CCN1C=C/C(=C\C=C\c2sc3ccc(Cl)cc3[n+]2CC[O-])c2ccc(Br)cc21. The average Bonchev–Trinajstić information content (AvgIpc) is 3.05. The molecule has 0 aliphatic carbocycles. The van der Waals surface area contributed by atoms with Gasteiger partial charge in [0.2, 0.25) is 5.52 Å². The standard InChI is InChI=1S/C23H20BrClN2OS/c1-2-26-11-10-16(19-8-6-17(24)14-20(19)26)4-3-5-23-27(12-13-28)21-15-18(25)7-9-22(21)29-23/h3-11,14-15H,2,12-13H2,1H3. The summed E-state index contributed by atoms with van der Waals surface area (Å²) in [4.78, 5) is 2.24. The zero-order valence-electron chi connectivity index (χ0n) is 15.9. The van der Waals surface area contributed by atoms with Gasteiger partial charge in [0.15, 0.2) is 0 Å². The fourth-order valence-corrected chi connectivity index (χ4v) is 5.10. The molecule has 3 nitrogen and oxygen atoms in total. The quantitative estimate of drug-likeness (QED) is 0.450. The van der Waals surface area contributed by atoms with Crippen LogP contribution in [-0.2, 0) is 6.54 Å². The molecule has 0 unspecified atom stereocenters. The summed E-state index contributed by atoms with van der Waals surface area (Å²) >= 11 is 11.4. The van der Waals surface area contributed by atoms with Gasteiger partial charge in [-0.15, -0.1) is 0 Å². The molecule has 148 valence electrons. The summed E-state index contributed by atoms with van der Waals surface area (Å²) in [6.45, 7) is 3.33. The Bertz CT molecular complexity index is 1150. The van der Waals surface area contributed by atoms with Gasteiger partial charge in [-0.2, -0.15) is 4.57 Å². The largest absolute Gasteiger partial charge is 0.850 e. The lowest BCUT2D eigenvalue weighted by Gasteiger charge is -2.26. The van der Waals surface area contributed by atoms with Crippen molar-refractivity contribution in [3.05, 3.63) is 80.9 Å². The van der Waals surface area contributed by atoms with Crippen LogP contribution in [0, 0.1) is 0 Å².